The number of allylic oxidation sites excluding steroid dienone is 1. The Morgan fingerprint density at radius 3 is 2.29 bits per heavy atom. The van der Waals surface area contributed by atoms with Crippen LogP contribution in [-0.4, -0.2) is 70.5 Å². The van der Waals surface area contributed by atoms with Crippen LogP contribution in [0.4, 0.5) is 0 Å². The first-order valence-corrected chi connectivity index (χ1v) is 17.9. The van der Waals surface area contributed by atoms with Gasteiger partial charge in [0, 0.05) is 70.7 Å². The molecule has 0 aromatic carbocycles. The average molecular weight is 694 g/mol. The van der Waals surface area contributed by atoms with E-state index in [0.29, 0.717) is 46.8 Å². The van der Waals surface area contributed by atoms with Gasteiger partial charge in [0.1, 0.15) is 0 Å². The number of hydrogen-bond acceptors (Lipinski definition) is 7. The van der Waals surface area contributed by atoms with Crippen LogP contribution in [0.3, 0.4) is 0 Å². The number of aryl methyl sites for hydroxylation is 3. The number of methoxy groups -OCH3 is 2. The Morgan fingerprint density at radius 2 is 1.65 bits per heavy atom. The second-order valence-corrected chi connectivity index (χ2v) is 13.6. The van der Waals surface area contributed by atoms with Crippen molar-refractivity contribution >= 4 is 57.1 Å². The van der Waals surface area contributed by atoms with Gasteiger partial charge in [0.15, 0.2) is 0 Å². The van der Waals surface area contributed by atoms with E-state index < -0.39 is 5.97 Å². The van der Waals surface area contributed by atoms with Crippen LogP contribution in [0.1, 0.15) is 116 Å². The molecule has 0 aliphatic carbocycles. The predicted octanol–water partition coefficient (Wildman–Crippen LogP) is 7.88. The first-order valence-electron chi connectivity index (χ1n) is 17.9. The number of ether oxygens (including phenoxy) is 2. The number of rotatable bonds is 11. The molecule has 270 valence electrons. The fourth-order valence-corrected chi connectivity index (χ4v) is 7.37. The molecule has 8 bridgehead atoms. The van der Waals surface area contributed by atoms with Crippen molar-refractivity contribution in [3.63, 3.8) is 0 Å². The number of likely N-dealkylation sites (N-methyl/N-ethyl adjacent to an activating group) is 1. The largest absolute Gasteiger partial charge is 0.469 e. The number of carbonyl (C=O) groups excluding carboxylic acids is 3. The molecule has 51 heavy (non-hydrogen) atoms. The van der Waals surface area contributed by atoms with E-state index in [1.165, 1.54) is 14.2 Å². The van der Waals surface area contributed by atoms with Crippen LogP contribution < -0.4 is 0 Å². The number of aromatic nitrogens is 4. The van der Waals surface area contributed by atoms with Crippen LogP contribution in [-0.2, 0) is 36.7 Å². The summed E-state index contributed by atoms with van der Waals surface area (Å²) in [6.07, 6.45) is 5.03. The standard InChI is InChI=1S/C41H51N5O5/c1-11-14-17-46(8)36(47)18-29-39-28(15-16-37(48)50-9)24(6)32(44-39)19-30-22(4)26(12-2)34(42-30)20-31-23(5)27(13-3)35(43-31)21-33-25(7)38(40(29)45-33)41(49)51-10/h12,19-21,24,28,42-43H,2,11,13-18H2,1,3-10H3/t24-,28-/m0/s1. The van der Waals surface area contributed by atoms with E-state index in [9.17, 15) is 14.4 Å². The number of unbranched alkanes of at least 4 members (excludes halogenated alkanes) is 1. The molecular weight excluding hydrogens is 642 g/mol. The minimum atomic E-state index is -0.538. The van der Waals surface area contributed by atoms with E-state index in [1.54, 1.807) is 11.9 Å². The van der Waals surface area contributed by atoms with E-state index in [0.717, 1.165) is 69.3 Å². The number of esters is 2. The lowest BCUT2D eigenvalue weighted by Gasteiger charge is -2.21. The van der Waals surface area contributed by atoms with Crippen molar-refractivity contribution in [2.45, 2.75) is 91.9 Å². The van der Waals surface area contributed by atoms with Crippen LogP contribution in [0.2, 0.25) is 0 Å². The van der Waals surface area contributed by atoms with Crippen molar-refractivity contribution in [3.05, 3.63) is 75.4 Å². The van der Waals surface area contributed by atoms with Gasteiger partial charge >= 0.3 is 11.9 Å². The van der Waals surface area contributed by atoms with Crippen molar-refractivity contribution in [1.29, 1.82) is 0 Å². The van der Waals surface area contributed by atoms with Gasteiger partial charge in [0.05, 0.1) is 43.3 Å². The van der Waals surface area contributed by atoms with Crippen molar-refractivity contribution in [1.82, 2.24) is 24.8 Å². The van der Waals surface area contributed by atoms with Gasteiger partial charge in [-0.1, -0.05) is 39.8 Å². The summed E-state index contributed by atoms with van der Waals surface area (Å²) in [5.74, 6) is -1.36. The summed E-state index contributed by atoms with van der Waals surface area (Å²) in [6, 6.07) is 6.14. The smallest absolute Gasteiger partial charge is 0.340 e. The van der Waals surface area contributed by atoms with E-state index in [1.807, 2.05) is 19.1 Å². The fraction of sp³-hybridized carbons (Fsp3) is 0.439. The van der Waals surface area contributed by atoms with E-state index in [4.69, 9.17) is 19.4 Å². The number of nitrogens with zero attached hydrogens (tertiary/aromatic N) is 3. The predicted molar refractivity (Wildman–Crippen MR) is 203 cm³/mol. The number of amides is 1. The lowest BCUT2D eigenvalue weighted by molar-refractivity contribution is -0.141. The second-order valence-electron chi connectivity index (χ2n) is 13.6. The molecule has 5 heterocycles. The van der Waals surface area contributed by atoms with Crippen LogP contribution >= 0.6 is 0 Å². The second kappa shape index (κ2) is 15.5. The number of hydrogen-bond donors (Lipinski definition) is 2. The Bertz CT molecular complexity index is 2080. The maximum atomic E-state index is 14.0. The summed E-state index contributed by atoms with van der Waals surface area (Å²) in [6.45, 7) is 17.0. The van der Waals surface area contributed by atoms with Crippen LogP contribution in [0, 0.1) is 13.8 Å². The quantitative estimate of drug-likeness (QED) is 0.195. The number of fused-ring (bicyclic) bond motifs is 8. The molecule has 2 N–H and O–H groups in total. The number of nitrogens with one attached hydrogen (secondary N) is 2. The Morgan fingerprint density at radius 1 is 0.941 bits per heavy atom. The first-order chi connectivity index (χ1) is 24.4. The zero-order chi connectivity index (χ0) is 37.1. The molecule has 10 nitrogen and oxygen atoms in total. The highest BCUT2D eigenvalue weighted by atomic mass is 16.5. The zero-order valence-corrected chi connectivity index (χ0v) is 31.5. The molecule has 2 aliphatic rings. The van der Waals surface area contributed by atoms with E-state index in [2.05, 4.69) is 63.3 Å². The van der Waals surface area contributed by atoms with Crippen LogP contribution in [0.5, 0.6) is 0 Å². The highest BCUT2D eigenvalue weighted by Gasteiger charge is 2.36. The molecule has 10 heteroatoms. The molecule has 2 atom stereocenters. The lowest BCUT2D eigenvalue weighted by atomic mass is 9.84. The molecule has 0 saturated heterocycles. The molecule has 2 aliphatic heterocycles. The maximum Gasteiger partial charge on any atom is 0.340 e. The molecule has 0 spiro atoms. The lowest BCUT2D eigenvalue weighted by Crippen LogP contribution is -2.30. The summed E-state index contributed by atoms with van der Waals surface area (Å²) >= 11 is 0. The summed E-state index contributed by atoms with van der Waals surface area (Å²) in [4.78, 5) is 59.5. The monoisotopic (exact) mass is 693 g/mol. The minimum absolute atomic E-state index is 0.0269. The van der Waals surface area contributed by atoms with Gasteiger partial charge < -0.3 is 24.3 Å². The number of aromatic amines is 2. The number of H-pyrrole nitrogens is 2. The Hall–Kier alpha value is -4.99. The summed E-state index contributed by atoms with van der Waals surface area (Å²) in [7, 11) is 4.53. The first kappa shape index (κ1) is 37.3. The molecule has 3 aromatic heterocycles. The SMILES string of the molecule is C=Cc1c(C)c2cc3nc(c(CC(=O)N(C)CCCC)c4nc(cc5[nH]c(cc1[nH]2)c(C)c5CC)C(C)=C4C(=O)OC)[C@@H](CCC(=O)OC)[C@@H]3C. The summed E-state index contributed by atoms with van der Waals surface area (Å²) < 4.78 is 10.4. The van der Waals surface area contributed by atoms with Gasteiger partial charge in [-0.25, -0.2) is 9.78 Å². The Kier molecular flexibility index (Phi) is 11.3. The molecule has 1 amide bonds. The third-order valence-corrected chi connectivity index (χ3v) is 10.6. The molecular formula is C41H51N5O5. The van der Waals surface area contributed by atoms with Crippen molar-refractivity contribution in [2.75, 3.05) is 27.8 Å². The van der Waals surface area contributed by atoms with Gasteiger partial charge in [0.2, 0.25) is 5.91 Å². The molecule has 0 fully saturated rings. The molecule has 0 unspecified atom stereocenters. The van der Waals surface area contributed by atoms with Gasteiger partial charge in [0.25, 0.3) is 0 Å². The normalized spacial score (nSPS) is 15.5. The fourth-order valence-electron chi connectivity index (χ4n) is 7.37. The zero-order valence-electron chi connectivity index (χ0n) is 31.5. The average Bonchev–Trinajstić information content (AvgIpc) is 3.80. The van der Waals surface area contributed by atoms with Gasteiger partial charge in [-0.15, -0.1) is 0 Å². The van der Waals surface area contributed by atoms with Crippen LogP contribution in [0.25, 0.3) is 39.3 Å². The van der Waals surface area contributed by atoms with Crippen molar-refractivity contribution < 1.29 is 23.9 Å². The highest BCUT2D eigenvalue weighted by molar-refractivity contribution is 6.25. The molecule has 3 aromatic rings. The third-order valence-electron chi connectivity index (χ3n) is 10.6. The maximum absolute atomic E-state index is 14.0. The van der Waals surface area contributed by atoms with E-state index in [-0.39, 0.29) is 36.6 Å². The van der Waals surface area contributed by atoms with Crippen molar-refractivity contribution in [2.24, 2.45) is 0 Å². The molecule has 0 radical (unpaired) electrons. The van der Waals surface area contributed by atoms with E-state index >= 15 is 0 Å². The summed E-state index contributed by atoms with van der Waals surface area (Å²) in [5, 5.41) is 0. The topological polar surface area (TPSA) is 130 Å². The third kappa shape index (κ3) is 7.14. The van der Waals surface area contributed by atoms with Crippen LogP contribution in [0.15, 0.2) is 24.8 Å². The highest BCUT2D eigenvalue weighted by Crippen LogP contribution is 2.44. The van der Waals surface area contributed by atoms with Gasteiger partial charge in [-0.3, -0.25) is 14.6 Å². The Labute approximate surface area is 300 Å². The summed E-state index contributed by atoms with van der Waals surface area (Å²) in [5.41, 5.74) is 11.9. The van der Waals surface area contributed by atoms with Gasteiger partial charge in [-0.05, 0) is 80.5 Å². The van der Waals surface area contributed by atoms with Crippen molar-refractivity contribution in [3.8, 4) is 0 Å². The molecule has 0 saturated carbocycles. The Balaban J connectivity index is 1.99. The molecule has 5 rings (SSSR count). The number of carbonyl (C=O) groups is 3. The minimum Gasteiger partial charge on any atom is -0.469 e. The van der Waals surface area contributed by atoms with Gasteiger partial charge in [-0.2, -0.15) is 0 Å².